The molecule has 3 rings (SSSR count). The maximum Gasteiger partial charge on any atom is 0.224 e. The molecular formula is C23H26ClFN4O. The number of rotatable bonds is 7. The second-order valence-corrected chi connectivity index (χ2v) is 7.83. The number of hydrogen-bond donors (Lipinski definition) is 1. The number of anilines is 2. The standard InChI is InChI=1S/C23H26ClFN4O/c1-5-7-13(3)18(12-30)17-9-8-15-11-26-22(20(25)19(15)16(17)6-2)28-21-14(4)10-27-23(24)29-21/h10-12H,5-9H2,1-4H3,(H,26,27,28,29)/b18-13+. The number of halogens is 2. The number of nitrogens with one attached hydrogen (secondary N) is 1. The lowest BCUT2D eigenvalue weighted by molar-refractivity contribution is -0.104. The van der Waals surface area contributed by atoms with Crippen LogP contribution in [0.25, 0.3) is 5.57 Å². The molecule has 0 saturated carbocycles. The highest BCUT2D eigenvalue weighted by Gasteiger charge is 2.26. The van der Waals surface area contributed by atoms with E-state index >= 15 is 4.39 Å². The lowest BCUT2D eigenvalue weighted by Gasteiger charge is -2.25. The van der Waals surface area contributed by atoms with Crippen molar-refractivity contribution in [3.8, 4) is 0 Å². The summed E-state index contributed by atoms with van der Waals surface area (Å²) in [6.45, 7) is 7.87. The van der Waals surface area contributed by atoms with E-state index in [-0.39, 0.29) is 11.1 Å². The number of carbonyl (C=O) groups excluding carboxylic acids is 1. The minimum Gasteiger partial charge on any atom is -0.322 e. The Hall–Kier alpha value is -2.60. The van der Waals surface area contributed by atoms with E-state index in [1.807, 2.05) is 20.8 Å². The van der Waals surface area contributed by atoms with Gasteiger partial charge in [0.25, 0.3) is 0 Å². The molecule has 1 aliphatic rings. The molecule has 7 heteroatoms. The molecule has 0 unspecified atom stereocenters. The van der Waals surface area contributed by atoms with Crippen molar-refractivity contribution in [3.05, 3.63) is 56.9 Å². The second-order valence-electron chi connectivity index (χ2n) is 7.49. The van der Waals surface area contributed by atoms with Crippen molar-refractivity contribution in [2.75, 3.05) is 5.32 Å². The SMILES string of the molecule is CCC/C(C)=C(\C=O)C1=C(CC)c2c(cnc(Nc3nc(Cl)ncc3C)c2F)CC1. The Bertz CT molecular complexity index is 1050. The van der Waals surface area contributed by atoms with Gasteiger partial charge in [-0.05, 0) is 67.8 Å². The molecule has 1 aliphatic carbocycles. The first-order chi connectivity index (χ1) is 14.4. The predicted molar refractivity (Wildman–Crippen MR) is 118 cm³/mol. The predicted octanol–water partition coefficient (Wildman–Crippen LogP) is 6.14. The van der Waals surface area contributed by atoms with Crippen molar-refractivity contribution in [2.24, 2.45) is 0 Å². The van der Waals surface area contributed by atoms with Gasteiger partial charge in [-0.15, -0.1) is 0 Å². The third-order valence-corrected chi connectivity index (χ3v) is 5.65. The summed E-state index contributed by atoms with van der Waals surface area (Å²) < 4.78 is 15.7. The zero-order valence-corrected chi connectivity index (χ0v) is 18.5. The number of aryl methyl sites for hydroxylation is 2. The van der Waals surface area contributed by atoms with Crippen molar-refractivity contribution in [2.45, 2.75) is 59.8 Å². The monoisotopic (exact) mass is 428 g/mol. The summed E-state index contributed by atoms with van der Waals surface area (Å²) in [7, 11) is 0. The van der Waals surface area contributed by atoms with Crippen LogP contribution in [0.4, 0.5) is 16.0 Å². The van der Waals surface area contributed by atoms with Gasteiger partial charge in [-0.25, -0.2) is 19.3 Å². The number of carbonyl (C=O) groups is 1. The highest BCUT2D eigenvalue weighted by molar-refractivity contribution is 6.28. The lowest BCUT2D eigenvalue weighted by atomic mass is 9.80. The summed E-state index contributed by atoms with van der Waals surface area (Å²) >= 11 is 5.89. The van der Waals surface area contributed by atoms with Crippen LogP contribution >= 0.6 is 11.6 Å². The Morgan fingerprint density at radius 2 is 2.00 bits per heavy atom. The smallest absolute Gasteiger partial charge is 0.224 e. The van der Waals surface area contributed by atoms with Gasteiger partial charge in [0.15, 0.2) is 11.6 Å². The van der Waals surface area contributed by atoms with E-state index in [0.717, 1.165) is 47.0 Å². The molecular weight excluding hydrogens is 403 g/mol. The van der Waals surface area contributed by atoms with Crippen molar-refractivity contribution >= 4 is 35.1 Å². The molecule has 2 aromatic rings. The van der Waals surface area contributed by atoms with Gasteiger partial charge >= 0.3 is 0 Å². The van der Waals surface area contributed by atoms with Gasteiger partial charge in [0.1, 0.15) is 12.1 Å². The van der Waals surface area contributed by atoms with Crippen LogP contribution in [0, 0.1) is 12.7 Å². The van der Waals surface area contributed by atoms with E-state index in [9.17, 15) is 4.79 Å². The molecule has 0 saturated heterocycles. The third kappa shape index (κ3) is 4.29. The van der Waals surface area contributed by atoms with Crippen LogP contribution in [0.3, 0.4) is 0 Å². The Balaban J connectivity index is 2.13. The minimum absolute atomic E-state index is 0.0741. The number of allylic oxidation sites excluding steroid dienone is 4. The lowest BCUT2D eigenvalue weighted by Crippen LogP contribution is -2.13. The number of aldehydes is 1. The summed E-state index contributed by atoms with van der Waals surface area (Å²) in [4.78, 5) is 24.3. The van der Waals surface area contributed by atoms with Gasteiger partial charge in [0.2, 0.25) is 5.28 Å². The van der Waals surface area contributed by atoms with E-state index in [4.69, 9.17) is 11.6 Å². The molecule has 0 spiro atoms. The van der Waals surface area contributed by atoms with Crippen LogP contribution in [0.1, 0.15) is 63.1 Å². The maximum atomic E-state index is 15.7. The molecule has 0 aliphatic heterocycles. The zero-order chi connectivity index (χ0) is 21.8. The zero-order valence-electron chi connectivity index (χ0n) is 17.8. The second kappa shape index (κ2) is 9.47. The number of hydrogen-bond acceptors (Lipinski definition) is 5. The summed E-state index contributed by atoms with van der Waals surface area (Å²) in [5.41, 5.74) is 5.70. The van der Waals surface area contributed by atoms with Crippen LogP contribution in [0.2, 0.25) is 5.28 Å². The number of aromatic nitrogens is 3. The Kier molecular flexibility index (Phi) is 6.98. The van der Waals surface area contributed by atoms with Crippen molar-refractivity contribution in [1.82, 2.24) is 15.0 Å². The quantitative estimate of drug-likeness (QED) is 0.326. The van der Waals surface area contributed by atoms with Crippen molar-refractivity contribution < 1.29 is 9.18 Å². The summed E-state index contributed by atoms with van der Waals surface area (Å²) in [5, 5.41) is 3.03. The first kappa shape index (κ1) is 22.1. The largest absolute Gasteiger partial charge is 0.322 e. The Morgan fingerprint density at radius 3 is 2.67 bits per heavy atom. The fraction of sp³-hybridized carbons (Fsp3) is 0.391. The fourth-order valence-corrected chi connectivity index (χ4v) is 4.11. The van der Waals surface area contributed by atoms with Crippen LogP contribution in [0.15, 0.2) is 29.1 Å². The van der Waals surface area contributed by atoms with Crippen molar-refractivity contribution in [3.63, 3.8) is 0 Å². The third-order valence-electron chi connectivity index (χ3n) is 5.47. The molecule has 5 nitrogen and oxygen atoms in total. The average Bonchev–Trinajstić information content (AvgIpc) is 2.73. The maximum absolute atomic E-state index is 15.7. The Morgan fingerprint density at radius 1 is 1.23 bits per heavy atom. The topological polar surface area (TPSA) is 67.8 Å². The molecule has 2 heterocycles. The van der Waals surface area contributed by atoms with E-state index < -0.39 is 5.82 Å². The normalized spacial score (nSPS) is 14.3. The average molecular weight is 429 g/mol. The molecule has 0 bridgehead atoms. The molecule has 1 N–H and O–H groups in total. The molecule has 0 aromatic carbocycles. The molecule has 30 heavy (non-hydrogen) atoms. The van der Waals surface area contributed by atoms with Gasteiger partial charge in [-0.2, -0.15) is 0 Å². The van der Waals surface area contributed by atoms with Crippen LogP contribution < -0.4 is 5.32 Å². The van der Waals surface area contributed by atoms with Crippen LogP contribution in [0.5, 0.6) is 0 Å². The number of fused-ring (bicyclic) bond motifs is 1. The van der Waals surface area contributed by atoms with E-state index in [1.54, 1.807) is 12.4 Å². The molecule has 0 radical (unpaired) electrons. The van der Waals surface area contributed by atoms with Gasteiger partial charge in [0, 0.05) is 29.1 Å². The highest BCUT2D eigenvalue weighted by atomic mass is 35.5. The van der Waals surface area contributed by atoms with Gasteiger partial charge in [0.05, 0.1) is 0 Å². The molecule has 158 valence electrons. The highest BCUT2D eigenvalue weighted by Crippen LogP contribution is 2.40. The van der Waals surface area contributed by atoms with E-state index in [1.165, 1.54) is 0 Å². The van der Waals surface area contributed by atoms with Gasteiger partial charge in [-0.1, -0.05) is 25.8 Å². The molecule has 2 aromatic heterocycles. The summed E-state index contributed by atoms with van der Waals surface area (Å²) in [5.74, 6) is 0.0569. The van der Waals surface area contributed by atoms with Gasteiger partial charge < -0.3 is 5.32 Å². The number of nitrogens with zero attached hydrogens (tertiary/aromatic N) is 3. The van der Waals surface area contributed by atoms with Crippen LogP contribution in [-0.4, -0.2) is 21.2 Å². The summed E-state index contributed by atoms with van der Waals surface area (Å²) in [6.07, 6.45) is 7.98. The molecule has 0 fully saturated rings. The first-order valence-electron chi connectivity index (χ1n) is 10.2. The molecule has 0 atom stereocenters. The molecule has 0 amide bonds. The van der Waals surface area contributed by atoms with E-state index in [0.29, 0.717) is 36.2 Å². The number of pyridine rings is 1. The van der Waals surface area contributed by atoms with Gasteiger partial charge in [-0.3, -0.25) is 4.79 Å². The Labute approximate surface area is 181 Å². The van der Waals surface area contributed by atoms with Crippen LogP contribution in [-0.2, 0) is 11.2 Å². The fourth-order valence-electron chi connectivity index (χ4n) is 3.97. The first-order valence-corrected chi connectivity index (χ1v) is 10.6. The summed E-state index contributed by atoms with van der Waals surface area (Å²) in [6, 6.07) is 0. The minimum atomic E-state index is -0.436. The van der Waals surface area contributed by atoms with Crippen molar-refractivity contribution in [1.29, 1.82) is 0 Å². The van der Waals surface area contributed by atoms with E-state index in [2.05, 4.69) is 27.2 Å².